The van der Waals surface area contributed by atoms with E-state index < -0.39 is 16.1 Å². The highest BCUT2D eigenvalue weighted by Gasteiger charge is 2.29. The van der Waals surface area contributed by atoms with E-state index >= 15 is 0 Å². The van der Waals surface area contributed by atoms with Gasteiger partial charge in [-0.3, -0.25) is 9.10 Å². The third-order valence-electron chi connectivity index (χ3n) is 4.44. The summed E-state index contributed by atoms with van der Waals surface area (Å²) < 4.78 is 25.8. The van der Waals surface area contributed by atoms with E-state index in [0.717, 1.165) is 21.8 Å². The number of likely N-dealkylation sites (N-methyl/N-ethyl adjacent to an activating group) is 1. The second kappa shape index (κ2) is 9.30. The molecule has 0 aliphatic carbocycles. The Labute approximate surface area is 172 Å². The summed E-state index contributed by atoms with van der Waals surface area (Å²) in [6.07, 6.45) is 1.08. The van der Waals surface area contributed by atoms with E-state index in [1.165, 1.54) is 0 Å². The quantitative estimate of drug-likeness (QED) is 0.708. The fourth-order valence-corrected chi connectivity index (χ4v) is 4.18. The lowest BCUT2D eigenvalue weighted by molar-refractivity contribution is -0.121. The summed E-state index contributed by atoms with van der Waals surface area (Å²) in [5.74, 6) is -0.372. The number of hydrogen-bond acceptors (Lipinski definition) is 4. The minimum Gasteiger partial charge on any atom is -0.373 e. The van der Waals surface area contributed by atoms with Crippen molar-refractivity contribution in [3.05, 3.63) is 59.1 Å². The summed E-state index contributed by atoms with van der Waals surface area (Å²) in [4.78, 5) is 14.6. The largest absolute Gasteiger partial charge is 0.373 e. The second-order valence-corrected chi connectivity index (χ2v) is 8.98. The lowest BCUT2D eigenvalue weighted by Crippen LogP contribution is -2.49. The van der Waals surface area contributed by atoms with E-state index in [2.05, 4.69) is 5.32 Å². The molecule has 0 aromatic heterocycles. The number of nitrogens with zero attached hydrogens (tertiary/aromatic N) is 2. The van der Waals surface area contributed by atoms with Gasteiger partial charge in [0.2, 0.25) is 15.9 Å². The zero-order valence-electron chi connectivity index (χ0n) is 16.5. The minimum absolute atomic E-state index is 0.363. The highest BCUT2D eigenvalue weighted by Crippen LogP contribution is 2.26. The molecule has 0 radical (unpaired) electrons. The maximum Gasteiger partial charge on any atom is 0.243 e. The molecule has 1 amide bonds. The molecule has 0 aliphatic heterocycles. The van der Waals surface area contributed by atoms with Gasteiger partial charge in [0.25, 0.3) is 0 Å². The van der Waals surface area contributed by atoms with Crippen LogP contribution in [0.4, 0.5) is 11.4 Å². The standard InChI is InChI=1S/C20H26ClN3O3S/c1-15-10-11-18(14-19(15)21)24(28(4,26)27)16(2)20(25)22-12-13-23(3)17-8-6-5-7-9-17/h5-11,14,16H,12-13H2,1-4H3,(H,22,25). The van der Waals surface area contributed by atoms with Crippen molar-refractivity contribution in [2.24, 2.45) is 0 Å². The summed E-state index contributed by atoms with van der Waals surface area (Å²) in [5, 5.41) is 3.26. The second-order valence-electron chi connectivity index (χ2n) is 6.72. The maximum atomic E-state index is 12.6. The van der Waals surface area contributed by atoms with Crippen LogP contribution in [-0.4, -0.2) is 46.8 Å². The zero-order valence-corrected chi connectivity index (χ0v) is 18.1. The molecule has 0 aliphatic rings. The number of benzene rings is 2. The van der Waals surface area contributed by atoms with Crippen LogP contribution in [0.25, 0.3) is 0 Å². The Hall–Kier alpha value is -2.25. The summed E-state index contributed by atoms with van der Waals surface area (Å²) in [6, 6.07) is 13.8. The van der Waals surface area contributed by atoms with Crippen LogP contribution < -0.4 is 14.5 Å². The van der Waals surface area contributed by atoms with Crippen LogP contribution in [0.15, 0.2) is 48.5 Å². The third-order valence-corrected chi connectivity index (χ3v) is 6.09. The van der Waals surface area contributed by atoms with Gasteiger partial charge in [-0.25, -0.2) is 8.42 Å². The smallest absolute Gasteiger partial charge is 0.243 e. The van der Waals surface area contributed by atoms with Gasteiger partial charge >= 0.3 is 0 Å². The summed E-state index contributed by atoms with van der Waals surface area (Å²) in [6.45, 7) is 4.37. The summed E-state index contributed by atoms with van der Waals surface area (Å²) in [5.41, 5.74) is 2.24. The number of halogens is 1. The van der Waals surface area contributed by atoms with Crippen molar-refractivity contribution in [2.75, 3.05) is 35.6 Å². The van der Waals surface area contributed by atoms with Gasteiger partial charge in [-0.2, -0.15) is 0 Å². The number of sulfonamides is 1. The van der Waals surface area contributed by atoms with Gasteiger partial charge in [-0.1, -0.05) is 35.9 Å². The number of para-hydroxylation sites is 1. The molecule has 152 valence electrons. The van der Waals surface area contributed by atoms with Crippen LogP contribution in [0.5, 0.6) is 0 Å². The number of anilines is 2. The molecule has 8 heteroatoms. The molecule has 2 rings (SSSR count). The van der Waals surface area contributed by atoms with E-state index in [9.17, 15) is 13.2 Å². The molecule has 1 unspecified atom stereocenters. The summed E-state index contributed by atoms with van der Waals surface area (Å²) >= 11 is 6.14. The first-order chi connectivity index (χ1) is 13.1. The van der Waals surface area contributed by atoms with Crippen LogP contribution in [-0.2, 0) is 14.8 Å². The van der Waals surface area contributed by atoms with Crippen molar-refractivity contribution in [2.45, 2.75) is 19.9 Å². The van der Waals surface area contributed by atoms with Crippen molar-refractivity contribution in [1.82, 2.24) is 5.32 Å². The van der Waals surface area contributed by atoms with Crippen molar-refractivity contribution in [1.29, 1.82) is 0 Å². The van der Waals surface area contributed by atoms with Crippen molar-refractivity contribution in [3.63, 3.8) is 0 Å². The SMILES string of the molecule is Cc1ccc(N(C(C)C(=O)NCCN(C)c2ccccc2)S(C)(=O)=O)cc1Cl. The van der Waals surface area contributed by atoms with Gasteiger partial charge in [-0.15, -0.1) is 0 Å². The highest BCUT2D eigenvalue weighted by molar-refractivity contribution is 7.92. The number of carbonyl (C=O) groups excluding carboxylic acids is 1. The molecular formula is C20H26ClN3O3S. The topological polar surface area (TPSA) is 69.7 Å². The van der Waals surface area contributed by atoms with Gasteiger partial charge in [0.15, 0.2) is 0 Å². The van der Waals surface area contributed by atoms with Gasteiger partial charge < -0.3 is 10.2 Å². The molecule has 0 fully saturated rings. The van der Waals surface area contributed by atoms with Crippen molar-refractivity contribution >= 4 is 38.9 Å². The molecule has 0 bridgehead atoms. The lowest BCUT2D eigenvalue weighted by Gasteiger charge is -2.29. The van der Waals surface area contributed by atoms with Crippen LogP contribution >= 0.6 is 11.6 Å². The van der Waals surface area contributed by atoms with E-state index in [0.29, 0.717) is 23.8 Å². The molecule has 2 aromatic carbocycles. The number of aryl methyl sites for hydroxylation is 1. The first-order valence-electron chi connectivity index (χ1n) is 8.90. The van der Waals surface area contributed by atoms with E-state index in [-0.39, 0.29) is 5.91 Å². The van der Waals surface area contributed by atoms with E-state index in [1.54, 1.807) is 25.1 Å². The predicted octanol–water partition coefficient (Wildman–Crippen LogP) is 3.06. The molecular weight excluding hydrogens is 398 g/mol. The maximum absolute atomic E-state index is 12.6. The van der Waals surface area contributed by atoms with E-state index in [1.807, 2.05) is 49.2 Å². The Kier molecular flexibility index (Phi) is 7.32. The minimum atomic E-state index is -3.67. The zero-order chi connectivity index (χ0) is 20.9. The molecule has 0 saturated carbocycles. The average molecular weight is 424 g/mol. The average Bonchev–Trinajstić information content (AvgIpc) is 2.64. The predicted molar refractivity (Wildman–Crippen MR) is 116 cm³/mol. The molecule has 0 heterocycles. The van der Waals surface area contributed by atoms with Gasteiger partial charge in [-0.05, 0) is 43.7 Å². The number of carbonyl (C=O) groups is 1. The first kappa shape index (κ1) is 22.0. The normalized spacial score (nSPS) is 12.3. The Balaban J connectivity index is 2.06. The lowest BCUT2D eigenvalue weighted by atomic mass is 10.2. The van der Waals surface area contributed by atoms with Gasteiger partial charge in [0.05, 0.1) is 11.9 Å². The van der Waals surface area contributed by atoms with Crippen molar-refractivity contribution in [3.8, 4) is 0 Å². The molecule has 1 atom stereocenters. The molecule has 0 spiro atoms. The molecule has 1 N–H and O–H groups in total. The van der Waals surface area contributed by atoms with Crippen LogP contribution in [0.1, 0.15) is 12.5 Å². The highest BCUT2D eigenvalue weighted by atomic mass is 35.5. The third kappa shape index (κ3) is 5.62. The fourth-order valence-electron chi connectivity index (χ4n) is 2.83. The number of rotatable bonds is 8. The molecule has 0 saturated heterocycles. The molecule has 28 heavy (non-hydrogen) atoms. The monoisotopic (exact) mass is 423 g/mol. The van der Waals surface area contributed by atoms with Gasteiger partial charge in [0, 0.05) is 30.8 Å². The Morgan fingerprint density at radius 2 is 1.79 bits per heavy atom. The Morgan fingerprint density at radius 1 is 1.14 bits per heavy atom. The molecule has 2 aromatic rings. The van der Waals surface area contributed by atoms with Crippen molar-refractivity contribution < 1.29 is 13.2 Å². The fraction of sp³-hybridized carbons (Fsp3) is 0.350. The Morgan fingerprint density at radius 3 is 2.36 bits per heavy atom. The molecule has 6 nitrogen and oxygen atoms in total. The number of nitrogens with one attached hydrogen (secondary N) is 1. The van der Waals surface area contributed by atoms with Crippen LogP contribution in [0.3, 0.4) is 0 Å². The number of amides is 1. The Bertz CT molecular complexity index is 920. The van der Waals surface area contributed by atoms with Crippen LogP contribution in [0, 0.1) is 6.92 Å². The van der Waals surface area contributed by atoms with E-state index in [4.69, 9.17) is 11.6 Å². The van der Waals surface area contributed by atoms with Gasteiger partial charge in [0.1, 0.15) is 6.04 Å². The summed E-state index contributed by atoms with van der Waals surface area (Å²) in [7, 11) is -1.74. The van der Waals surface area contributed by atoms with Crippen LogP contribution in [0.2, 0.25) is 5.02 Å². The first-order valence-corrected chi connectivity index (χ1v) is 11.1. The number of hydrogen-bond donors (Lipinski definition) is 1.